The summed E-state index contributed by atoms with van der Waals surface area (Å²) in [6.45, 7) is 7.86. The number of nitrogens with zero attached hydrogens (tertiary/aromatic N) is 2. The van der Waals surface area contributed by atoms with Crippen molar-refractivity contribution in [2.75, 3.05) is 37.6 Å². The predicted molar refractivity (Wildman–Crippen MR) is 71.1 cm³/mol. The van der Waals surface area contributed by atoms with Gasteiger partial charge in [-0.05, 0) is 19.1 Å². The molecule has 2 aliphatic heterocycles. The molecule has 1 aromatic heterocycles. The van der Waals surface area contributed by atoms with Gasteiger partial charge in [-0.1, -0.05) is 0 Å². The Hall–Kier alpha value is -1.33. The summed E-state index contributed by atoms with van der Waals surface area (Å²) < 4.78 is 5.87. The highest BCUT2D eigenvalue weighted by Gasteiger charge is 2.18. The molecule has 0 radical (unpaired) electrons. The lowest BCUT2D eigenvalue weighted by Gasteiger charge is -2.28. The smallest absolute Gasteiger partial charge is 0.220 e. The predicted octanol–water partition coefficient (Wildman–Crippen LogP) is 0.362. The molecule has 18 heavy (non-hydrogen) atoms. The van der Waals surface area contributed by atoms with E-state index in [4.69, 9.17) is 4.74 Å². The second-order valence-corrected chi connectivity index (χ2v) is 4.93. The van der Waals surface area contributed by atoms with Crippen molar-refractivity contribution < 1.29 is 4.74 Å². The van der Waals surface area contributed by atoms with E-state index in [-0.39, 0.29) is 6.10 Å². The molecule has 98 valence electrons. The molecule has 0 spiro atoms. The number of piperazine rings is 1. The first-order chi connectivity index (χ1) is 8.83. The zero-order valence-electron chi connectivity index (χ0n) is 10.8. The van der Waals surface area contributed by atoms with Crippen molar-refractivity contribution in [3.05, 3.63) is 17.7 Å². The Morgan fingerprint density at radius 3 is 2.94 bits per heavy atom. The van der Waals surface area contributed by atoms with E-state index in [0.717, 1.165) is 56.5 Å². The molecule has 1 atom stereocenters. The van der Waals surface area contributed by atoms with Crippen molar-refractivity contribution in [1.29, 1.82) is 0 Å². The molecule has 1 fully saturated rings. The fraction of sp³-hybridized carbons (Fsp3) is 0.615. The average Bonchev–Trinajstić information content (AvgIpc) is 2.59. The van der Waals surface area contributed by atoms with Gasteiger partial charge in [-0.3, -0.25) is 0 Å². The number of nitrogens with one attached hydrogen (secondary N) is 2. The van der Waals surface area contributed by atoms with Gasteiger partial charge in [0.15, 0.2) is 0 Å². The van der Waals surface area contributed by atoms with Crippen LogP contribution in [0.25, 0.3) is 0 Å². The van der Waals surface area contributed by atoms with Crippen LogP contribution in [-0.2, 0) is 6.54 Å². The average molecular weight is 248 g/mol. The number of aromatic nitrogens is 1. The van der Waals surface area contributed by atoms with Crippen LogP contribution in [0, 0.1) is 0 Å². The van der Waals surface area contributed by atoms with E-state index in [1.54, 1.807) is 0 Å². The minimum atomic E-state index is 0.178. The molecular weight excluding hydrogens is 228 g/mol. The highest BCUT2D eigenvalue weighted by Crippen LogP contribution is 2.23. The summed E-state index contributed by atoms with van der Waals surface area (Å²) in [7, 11) is 0. The molecule has 0 bridgehead atoms. The summed E-state index contributed by atoms with van der Waals surface area (Å²) >= 11 is 0. The topological polar surface area (TPSA) is 49.4 Å². The second-order valence-electron chi connectivity index (χ2n) is 4.93. The van der Waals surface area contributed by atoms with Gasteiger partial charge in [0.05, 0.1) is 0 Å². The molecule has 1 aromatic rings. The first-order valence-electron chi connectivity index (χ1n) is 6.66. The number of pyridine rings is 1. The molecule has 2 N–H and O–H groups in total. The van der Waals surface area contributed by atoms with E-state index in [2.05, 4.69) is 39.6 Å². The second kappa shape index (κ2) is 5.12. The summed E-state index contributed by atoms with van der Waals surface area (Å²) in [5.74, 6) is 1.83. The first-order valence-corrected chi connectivity index (χ1v) is 6.66. The molecule has 2 aliphatic rings. The maximum Gasteiger partial charge on any atom is 0.220 e. The molecule has 1 unspecified atom stereocenters. The summed E-state index contributed by atoms with van der Waals surface area (Å²) in [6, 6.07) is 4.23. The van der Waals surface area contributed by atoms with Crippen LogP contribution in [0.5, 0.6) is 5.88 Å². The van der Waals surface area contributed by atoms with Crippen LogP contribution in [-0.4, -0.2) is 43.8 Å². The van der Waals surface area contributed by atoms with Gasteiger partial charge in [-0.15, -0.1) is 0 Å². The molecule has 1 saturated heterocycles. The monoisotopic (exact) mass is 248 g/mol. The van der Waals surface area contributed by atoms with E-state index in [1.165, 1.54) is 0 Å². The summed E-state index contributed by atoms with van der Waals surface area (Å²) in [6.07, 6.45) is 0.178. The molecular formula is C13H20N4O. The zero-order chi connectivity index (χ0) is 12.4. The van der Waals surface area contributed by atoms with E-state index in [0.29, 0.717) is 0 Å². The largest absolute Gasteiger partial charge is 0.473 e. The van der Waals surface area contributed by atoms with Gasteiger partial charge < -0.3 is 20.3 Å². The number of anilines is 1. The molecule has 5 nitrogen and oxygen atoms in total. The Bertz CT molecular complexity index is 417. The lowest BCUT2D eigenvalue weighted by molar-refractivity contribution is 0.218. The highest BCUT2D eigenvalue weighted by molar-refractivity contribution is 5.44. The molecule has 0 aromatic carbocycles. The summed E-state index contributed by atoms with van der Waals surface area (Å²) in [5.41, 5.74) is 1.15. The third-order valence-corrected chi connectivity index (χ3v) is 3.43. The standard InChI is InChI=1S/C13H20N4O/c1-10-8-15-9-11-2-3-12(16-13(11)18-10)17-6-4-14-5-7-17/h2-3,10,14-15H,4-9H2,1H3. The lowest BCUT2D eigenvalue weighted by Crippen LogP contribution is -2.43. The van der Waals surface area contributed by atoms with Gasteiger partial charge in [0.25, 0.3) is 0 Å². The van der Waals surface area contributed by atoms with Crippen LogP contribution in [0.4, 0.5) is 5.82 Å². The van der Waals surface area contributed by atoms with E-state index in [1.807, 2.05) is 0 Å². The molecule has 5 heteroatoms. The van der Waals surface area contributed by atoms with Gasteiger partial charge >= 0.3 is 0 Å². The normalized spacial score (nSPS) is 24.1. The van der Waals surface area contributed by atoms with Gasteiger partial charge in [-0.25, -0.2) is 0 Å². The van der Waals surface area contributed by atoms with Gasteiger partial charge in [0.1, 0.15) is 11.9 Å². The van der Waals surface area contributed by atoms with Crippen molar-refractivity contribution >= 4 is 5.82 Å². The lowest BCUT2D eigenvalue weighted by atomic mass is 10.2. The van der Waals surface area contributed by atoms with Gasteiger partial charge in [-0.2, -0.15) is 4.98 Å². The van der Waals surface area contributed by atoms with Crippen LogP contribution < -0.4 is 20.3 Å². The number of rotatable bonds is 1. The maximum absolute atomic E-state index is 5.87. The Morgan fingerprint density at radius 2 is 2.11 bits per heavy atom. The minimum Gasteiger partial charge on any atom is -0.473 e. The van der Waals surface area contributed by atoms with Crippen molar-refractivity contribution in [2.24, 2.45) is 0 Å². The van der Waals surface area contributed by atoms with E-state index in [9.17, 15) is 0 Å². The van der Waals surface area contributed by atoms with E-state index >= 15 is 0 Å². The minimum absolute atomic E-state index is 0.178. The van der Waals surface area contributed by atoms with Crippen molar-refractivity contribution in [3.8, 4) is 5.88 Å². The third kappa shape index (κ3) is 2.42. The fourth-order valence-electron chi connectivity index (χ4n) is 2.41. The molecule has 3 heterocycles. The summed E-state index contributed by atoms with van der Waals surface area (Å²) in [4.78, 5) is 6.99. The van der Waals surface area contributed by atoms with E-state index < -0.39 is 0 Å². The van der Waals surface area contributed by atoms with Crippen molar-refractivity contribution in [1.82, 2.24) is 15.6 Å². The number of hydrogen-bond acceptors (Lipinski definition) is 5. The molecule has 0 saturated carbocycles. The van der Waals surface area contributed by atoms with Crippen molar-refractivity contribution in [3.63, 3.8) is 0 Å². The molecule has 3 rings (SSSR count). The highest BCUT2D eigenvalue weighted by atomic mass is 16.5. The Balaban J connectivity index is 1.84. The first kappa shape index (κ1) is 11.7. The number of fused-ring (bicyclic) bond motifs is 1. The third-order valence-electron chi connectivity index (χ3n) is 3.43. The van der Waals surface area contributed by atoms with Gasteiger partial charge in [0, 0.05) is 44.8 Å². The van der Waals surface area contributed by atoms with Crippen LogP contribution >= 0.6 is 0 Å². The van der Waals surface area contributed by atoms with Crippen LogP contribution in [0.1, 0.15) is 12.5 Å². The molecule has 0 aliphatic carbocycles. The quantitative estimate of drug-likeness (QED) is 0.751. The molecule has 0 amide bonds. The zero-order valence-corrected chi connectivity index (χ0v) is 10.8. The Kier molecular flexibility index (Phi) is 3.34. The summed E-state index contributed by atoms with van der Waals surface area (Å²) in [5, 5.41) is 6.72. The Morgan fingerprint density at radius 1 is 1.28 bits per heavy atom. The van der Waals surface area contributed by atoms with Crippen LogP contribution in [0.2, 0.25) is 0 Å². The number of hydrogen-bond donors (Lipinski definition) is 2. The van der Waals surface area contributed by atoms with Crippen molar-refractivity contribution in [2.45, 2.75) is 19.6 Å². The van der Waals surface area contributed by atoms with Gasteiger partial charge in [0.2, 0.25) is 5.88 Å². The Labute approximate surface area is 108 Å². The number of ether oxygens (including phenoxy) is 1. The maximum atomic E-state index is 5.87. The fourth-order valence-corrected chi connectivity index (χ4v) is 2.41. The van der Waals surface area contributed by atoms with Crippen LogP contribution in [0.3, 0.4) is 0 Å². The van der Waals surface area contributed by atoms with Crippen LogP contribution in [0.15, 0.2) is 12.1 Å². The SMILES string of the molecule is CC1CNCc2ccc(N3CCNCC3)nc2O1.